The van der Waals surface area contributed by atoms with Gasteiger partial charge in [0.1, 0.15) is 17.3 Å². The van der Waals surface area contributed by atoms with Crippen molar-refractivity contribution in [2.75, 3.05) is 13.1 Å². The monoisotopic (exact) mass is 397 g/mol. The molecule has 1 aliphatic heterocycles. The summed E-state index contributed by atoms with van der Waals surface area (Å²) in [5, 5.41) is -0.285. The highest BCUT2D eigenvalue weighted by Gasteiger charge is 2.35. The lowest BCUT2D eigenvalue weighted by Gasteiger charge is -2.36. The van der Waals surface area contributed by atoms with Gasteiger partial charge in [-0.1, -0.05) is 11.6 Å². The molecule has 1 saturated heterocycles. The Hall–Kier alpha value is -2.08. The van der Waals surface area contributed by atoms with Crippen molar-refractivity contribution in [2.45, 2.75) is 44.6 Å². The van der Waals surface area contributed by atoms with E-state index in [9.17, 15) is 9.18 Å². The topological polar surface area (TPSA) is 46.1 Å². The minimum atomic E-state index is -2.82. The molecule has 0 unspecified atom stereocenters. The number of likely N-dealkylation sites (tertiary alicyclic amines) is 1. The van der Waals surface area contributed by atoms with E-state index in [2.05, 4.69) is 9.97 Å². The summed E-state index contributed by atoms with van der Waals surface area (Å²) in [5.41, 5.74) is -1.97. The fraction of sp³-hybridized carbons (Fsp3) is 0.450. The van der Waals surface area contributed by atoms with E-state index in [0.717, 1.165) is 22.6 Å². The number of alkyl halides is 1. The molecule has 2 aromatic rings. The molecule has 1 fully saturated rings. The van der Waals surface area contributed by atoms with Gasteiger partial charge in [-0.15, -0.1) is 0 Å². The molecule has 27 heavy (non-hydrogen) atoms. The first kappa shape index (κ1) is 14.9. The zero-order valence-corrected chi connectivity index (χ0v) is 15.6. The van der Waals surface area contributed by atoms with E-state index in [-0.39, 0.29) is 23.4 Å². The maximum absolute atomic E-state index is 15.9. The van der Waals surface area contributed by atoms with Crippen LogP contribution in [-0.4, -0.2) is 39.5 Å². The molecule has 1 aliphatic rings. The molecule has 3 rings (SSSR count). The van der Waals surface area contributed by atoms with Gasteiger partial charge in [-0.2, -0.15) is 0 Å². The van der Waals surface area contributed by atoms with Crippen LogP contribution in [-0.2, 0) is 6.42 Å². The van der Waals surface area contributed by atoms with Crippen molar-refractivity contribution in [1.82, 2.24) is 14.9 Å². The van der Waals surface area contributed by atoms with Crippen molar-refractivity contribution in [2.24, 2.45) is 0 Å². The second-order valence-electron chi connectivity index (χ2n) is 6.48. The summed E-state index contributed by atoms with van der Waals surface area (Å²) in [4.78, 5) is 21.9. The van der Waals surface area contributed by atoms with E-state index in [1.807, 2.05) is 6.92 Å². The molecular formula is C20H22ClF2N3O. The van der Waals surface area contributed by atoms with Crippen LogP contribution in [0.1, 0.15) is 52.8 Å². The highest BCUT2D eigenvalue weighted by molar-refractivity contribution is 6.31. The lowest BCUT2D eigenvalue weighted by atomic mass is 9.88. The second-order valence-corrected chi connectivity index (χ2v) is 6.88. The largest absolute Gasteiger partial charge is 0.338 e. The van der Waals surface area contributed by atoms with Crippen LogP contribution in [0.4, 0.5) is 8.78 Å². The maximum Gasteiger partial charge on any atom is 0.253 e. The van der Waals surface area contributed by atoms with Crippen LogP contribution in [0.2, 0.25) is 5.02 Å². The number of aryl methyl sites for hydroxylation is 2. The third kappa shape index (κ3) is 5.01. The second kappa shape index (κ2) is 8.30. The first-order chi connectivity index (χ1) is 14.4. The van der Waals surface area contributed by atoms with Crippen LogP contribution in [0.15, 0.2) is 30.6 Å². The number of hydrogen-bond acceptors (Lipinski definition) is 3. The Morgan fingerprint density at radius 1 is 1.33 bits per heavy atom. The average molecular weight is 398 g/mol. The lowest BCUT2D eigenvalue weighted by molar-refractivity contribution is 0.0389. The van der Waals surface area contributed by atoms with E-state index in [4.69, 9.17) is 17.1 Å². The molecule has 0 N–H and O–H groups in total. The van der Waals surface area contributed by atoms with Crippen molar-refractivity contribution < 1.29 is 19.1 Å². The van der Waals surface area contributed by atoms with Crippen LogP contribution in [0, 0.1) is 12.7 Å². The number of nitrogens with zero attached hydrogens (tertiary/aromatic N) is 3. The van der Waals surface area contributed by atoms with Gasteiger partial charge in [0, 0.05) is 43.0 Å². The van der Waals surface area contributed by atoms with Crippen molar-refractivity contribution in [3.8, 4) is 0 Å². The van der Waals surface area contributed by atoms with Gasteiger partial charge in [0.05, 0.1) is 5.02 Å². The average Bonchev–Trinajstić information content (AvgIpc) is 2.69. The summed E-state index contributed by atoms with van der Waals surface area (Å²) in [5.74, 6) is -0.997. The Morgan fingerprint density at radius 3 is 2.63 bits per heavy atom. The molecule has 7 heteroatoms. The van der Waals surface area contributed by atoms with Gasteiger partial charge in [-0.25, -0.2) is 18.7 Å². The van der Waals surface area contributed by atoms with E-state index in [1.54, 1.807) is 12.4 Å². The van der Waals surface area contributed by atoms with Gasteiger partial charge < -0.3 is 4.90 Å². The molecule has 0 atom stereocenters. The minimum Gasteiger partial charge on any atom is -0.338 e. The number of aromatic nitrogens is 2. The summed E-state index contributed by atoms with van der Waals surface area (Å²) in [6.45, 7) is 0.550. The normalized spacial score (nSPS) is 22.3. The zero-order chi connectivity index (χ0) is 23.0. The van der Waals surface area contributed by atoms with Crippen molar-refractivity contribution >= 4 is 17.5 Å². The summed E-state index contributed by atoms with van der Waals surface area (Å²) in [7, 11) is 0. The molecular weight excluding hydrogens is 372 g/mol. The Morgan fingerprint density at radius 2 is 2.00 bits per heavy atom. The summed E-state index contributed by atoms with van der Waals surface area (Å²) in [6.07, 6.45) is -2.04. The molecule has 0 spiro atoms. The van der Waals surface area contributed by atoms with E-state index >= 15 is 4.39 Å². The molecule has 144 valence electrons. The first-order valence-electron chi connectivity index (χ1n) is 10.6. The Balaban J connectivity index is 1.75. The molecule has 1 aromatic carbocycles. The zero-order valence-electron chi connectivity index (χ0n) is 18.8. The molecule has 4 nitrogen and oxygen atoms in total. The fourth-order valence-corrected chi connectivity index (χ4v) is 2.91. The number of amides is 1. The van der Waals surface area contributed by atoms with Gasteiger partial charge in [0.15, 0.2) is 0 Å². The third-order valence-electron chi connectivity index (χ3n) is 4.31. The molecule has 0 aliphatic carbocycles. The molecule has 1 amide bonds. The highest BCUT2D eigenvalue weighted by Crippen LogP contribution is 2.32. The van der Waals surface area contributed by atoms with Crippen LogP contribution >= 0.6 is 11.6 Å². The Bertz CT molecular complexity index is 957. The summed E-state index contributed by atoms with van der Waals surface area (Å²) >= 11 is 5.71. The summed E-state index contributed by atoms with van der Waals surface area (Å²) in [6, 6.07) is 3.26. The molecule has 0 bridgehead atoms. The summed E-state index contributed by atoms with van der Waals surface area (Å²) < 4.78 is 62.2. The Labute approximate surface area is 168 Å². The van der Waals surface area contributed by atoms with E-state index in [0.29, 0.717) is 5.82 Å². The van der Waals surface area contributed by atoms with Crippen LogP contribution in [0.5, 0.6) is 0 Å². The standard InChI is InChI=1S/C20H22ClF2N3O/c1-14-12-24-18(25-13-14)3-2-6-20(23)7-9-26(10-8-20)19(27)15-4-5-17(22)16(21)11-15/h4-5,11-13H,2-3,6-10H2,1H3/i7D2,8D2. The van der Waals surface area contributed by atoms with Gasteiger partial charge in [0.2, 0.25) is 0 Å². The molecule has 1 aromatic heterocycles. The van der Waals surface area contributed by atoms with Gasteiger partial charge >= 0.3 is 0 Å². The maximum atomic E-state index is 15.9. The number of carbonyl (C=O) groups excluding carboxylic acids is 1. The predicted molar refractivity (Wildman–Crippen MR) is 100 cm³/mol. The number of carbonyl (C=O) groups is 1. The fourth-order valence-electron chi connectivity index (χ4n) is 2.73. The minimum absolute atomic E-state index is 0.0270. The third-order valence-corrected chi connectivity index (χ3v) is 4.60. The number of hydrogen-bond donors (Lipinski definition) is 0. The molecule has 2 heterocycles. The van der Waals surface area contributed by atoms with Gasteiger partial charge in [-0.05, 0) is 56.3 Å². The van der Waals surface area contributed by atoms with Crippen LogP contribution in [0.3, 0.4) is 0 Å². The number of piperidine rings is 1. The number of benzene rings is 1. The lowest BCUT2D eigenvalue weighted by Crippen LogP contribution is -2.44. The Kier molecular flexibility index (Phi) is 4.58. The van der Waals surface area contributed by atoms with E-state index in [1.165, 1.54) is 6.07 Å². The molecule has 0 radical (unpaired) electrons. The van der Waals surface area contributed by atoms with E-state index < -0.39 is 49.6 Å². The SMILES string of the molecule is [2H]C1([2H])CN(C(=O)c2ccc(F)c(Cl)c2)CC([2H])([2H])C1(F)CCCc1ncc(C)cn1. The van der Waals surface area contributed by atoms with Crippen molar-refractivity contribution in [1.29, 1.82) is 0 Å². The van der Waals surface area contributed by atoms with Gasteiger partial charge in [0.25, 0.3) is 5.91 Å². The smallest absolute Gasteiger partial charge is 0.253 e. The van der Waals surface area contributed by atoms with Crippen LogP contribution < -0.4 is 0 Å². The first-order valence-corrected chi connectivity index (χ1v) is 8.95. The van der Waals surface area contributed by atoms with Crippen molar-refractivity contribution in [3.63, 3.8) is 0 Å². The number of halogens is 3. The molecule has 0 saturated carbocycles. The van der Waals surface area contributed by atoms with Gasteiger partial charge in [-0.3, -0.25) is 4.79 Å². The number of rotatable bonds is 5. The quantitative estimate of drug-likeness (QED) is 0.743. The highest BCUT2D eigenvalue weighted by atomic mass is 35.5. The predicted octanol–water partition coefficient (Wildman–Crippen LogP) is 4.54. The van der Waals surface area contributed by atoms with Crippen LogP contribution in [0.25, 0.3) is 0 Å². The van der Waals surface area contributed by atoms with Crippen molar-refractivity contribution in [3.05, 3.63) is 58.4 Å².